The van der Waals surface area contributed by atoms with Gasteiger partial charge in [-0.2, -0.15) is 0 Å². The van der Waals surface area contributed by atoms with Crippen LogP contribution >= 0.6 is 0 Å². The number of rotatable bonds is 8. The van der Waals surface area contributed by atoms with Gasteiger partial charge in [0.25, 0.3) is 0 Å². The van der Waals surface area contributed by atoms with Crippen molar-refractivity contribution >= 4 is 21.5 Å². The van der Waals surface area contributed by atoms with Crippen molar-refractivity contribution in [2.24, 2.45) is 10.9 Å². The van der Waals surface area contributed by atoms with Gasteiger partial charge in [0.15, 0.2) is 14.6 Å². The number of hydrogen-bond donors (Lipinski definition) is 0. The van der Waals surface area contributed by atoms with Crippen molar-refractivity contribution in [3.8, 4) is 11.8 Å². The second-order valence-electron chi connectivity index (χ2n) is 6.86. The number of carbonyl (C=O) groups excluding carboxylic acids is 1. The van der Waals surface area contributed by atoms with Gasteiger partial charge >= 0.3 is 5.97 Å². The maximum atomic E-state index is 12.3. The predicted octanol–water partition coefficient (Wildman–Crippen LogP) is 3.26. The van der Waals surface area contributed by atoms with Gasteiger partial charge in [0, 0.05) is 24.6 Å². The molecule has 2 unspecified atom stereocenters. The monoisotopic (exact) mass is 391 g/mol. The molecule has 0 aliphatic carbocycles. The summed E-state index contributed by atoms with van der Waals surface area (Å²) in [5, 5.41) is 0. The van der Waals surface area contributed by atoms with Crippen LogP contribution in [0.25, 0.3) is 0 Å². The van der Waals surface area contributed by atoms with Crippen LogP contribution in [0.3, 0.4) is 0 Å². The molecule has 1 rings (SSSR count). The van der Waals surface area contributed by atoms with Crippen molar-refractivity contribution in [2.45, 2.75) is 45.3 Å². The minimum absolute atomic E-state index is 0.0806. The van der Waals surface area contributed by atoms with E-state index >= 15 is 0 Å². The molecule has 0 saturated heterocycles. The molecule has 5 nitrogen and oxygen atoms in total. The molecule has 1 aromatic carbocycles. The molecule has 0 fully saturated rings. The van der Waals surface area contributed by atoms with Crippen LogP contribution in [0.15, 0.2) is 29.3 Å². The predicted molar refractivity (Wildman–Crippen MR) is 110 cm³/mol. The molecular formula is C21H29NO4S. The van der Waals surface area contributed by atoms with E-state index < -0.39 is 20.6 Å². The molecule has 2 atom stereocenters. The van der Waals surface area contributed by atoms with Crippen LogP contribution in [-0.2, 0) is 19.4 Å². The molecule has 1 aromatic rings. The Hall–Kier alpha value is -2.13. The van der Waals surface area contributed by atoms with E-state index in [0.717, 1.165) is 23.1 Å². The van der Waals surface area contributed by atoms with Crippen molar-refractivity contribution in [1.29, 1.82) is 0 Å². The highest BCUT2D eigenvalue weighted by Gasteiger charge is 2.45. The molecule has 0 bridgehead atoms. The molecule has 0 aromatic heterocycles. The van der Waals surface area contributed by atoms with E-state index in [1.807, 2.05) is 31.2 Å². The van der Waals surface area contributed by atoms with Gasteiger partial charge < -0.3 is 4.74 Å². The lowest BCUT2D eigenvalue weighted by Gasteiger charge is -2.28. The number of sulfone groups is 1. The maximum Gasteiger partial charge on any atom is 0.327 e. The summed E-state index contributed by atoms with van der Waals surface area (Å²) in [5.41, 5.74) is 2.75. The molecule has 6 heteroatoms. The molecule has 0 heterocycles. The summed E-state index contributed by atoms with van der Waals surface area (Å²) in [6.07, 6.45) is 1.81. The summed E-state index contributed by atoms with van der Waals surface area (Å²) in [7, 11) is -1.92. The van der Waals surface area contributed by atoms with Gasteiger partial charge in [-0.25, -0.2) is 8.42 Å². The van der Waals surface area contributed by atoms with E-state index in [2.05, 4.69) is 16.8 Å². The second kappa shape index (κ2) is 9.70. The van der Waals surface area contributed by atoms with Crippen molar-refractivity contribution in [2.75, 3.05) is 19.9 Å². The van der Waals surface area contributed by atoms with Crippen LogP contribution in [0.5, 0.6) is 0 Å². The molecule has 0 saturated carbocycles. The first-order chi connectivity index (χ1) is 12.6. The normalized spacial score (nSPS) is 15.3. The number of aliphatic imine (C=N–C) groups is 1. The van der Waals surface area contributed by atoms with E-state index in [1.54, 1.807) is 20.9 Å². The van der Waals surface area contributed by atoms with E-state index in [0.29, 0.717) is 6.42 Å². The minimum Gasteiger partial charge on any atom is -0.465 e. The van der Waals surface area contributed by atoms with E-state index in [9.17, 15) is 13.2 Å². The second-order valence-corrected chi connectivity index (χ2v) is 9.30. The van der Waals surface area contributed by atoms with Gasteiger partial charge in [0.05, 0.1) is 6.61 Å². The minimum atomic E-state index is -3.63. The van der Waals surface area contributed by atoms with Crippen molar-refractivity contribution in [3.05, 3.63) is 35.4 Å². The zero-order valence-electron chi connectivity index (χ0n) is 17.0. The molecule has 27 heavy (non-hydrogen) atoms. The van der Waals surface area contributed by atoms with Gasteiger partial charge in [-0.3, -0.25) is 9.79 Å². The summed E-state index contributed by atoms with van der Waals surface area (Å²) in [4.78, 5) is 16.7. The van der Waals surface area contributed by atoms with Gasteiger partial charge in [0.2, 0.25) is 0 Å². The number of hydrogen-bond acceptors (Lipinski definition) is 5. The summed E-state index contributed by atoms with van der Waals surface area (Å²) >= 11 is 0. The molecule has 0 aliphatic heterocycles. The molecular weight excluding hydrogens is 362 g/mol. The van der Waals surface area contributed by atoms with Crippen LogP contribution in [0.2, 0.25) is 0 Å². The third kappa shape index (κ3) is 5.93. The third-order valence-electron chi connectivity index (χ3n) is 4.56. The fraction of sp³-hybridized carbons (Fsp3) is 0.524. The highest BCUT2D eigenvalue weighted by molar-refractivity contribution is 7.92. The first-order valence-electron chi connectivity index (χ1n) is 8.94. The first-order valence-corrected chi connectivity index (χ1v) is 10.8. The van der Waals surface area contributed by atoms with Gasteiger partial charge in [-0.15, -0.1) is 5.92 Å². The topological polar surface area (TPSA) is 72.8 Å². The summed E-state index contributed by atoms with van der Waals surface area (Å²) in [6, 6.07) is 7.77. The van der Waals surface area contributed by atoms with Crippen molar-refractivity contribution in [1.82, 2.24) is 0 Å². The Morgan fingerprint density at radius 1 is 1.30 bits per heavy atom. The number of esters is 1. The van der Waals surface area contributed by atoms with E-state index in [4.69, 9.17) is 4.74 Å². The lowest BCUT2D eigenvalue weighted by Crippen LogP contribution is -2.45. The molecule has 0 N–H and O–H groups in total. The fourth-order valence-electron chi connectivity index (χ4n) is 2.97. The molecule has 0 aliphatic rings. The average Bonchev–Trinajstić information content (AvgIpc) is 2.60. The van der Waals surface area contributed by atoms with Gasteiger partial charge in [-0.05, 0) is 57.2 Å². The lowest BCUT2D eigenvalue weighted by atomic mass is 9.90. The van der Waals surface area contributed by atoms with Crippen LogP contribution in [-0.4, -0.2) is 44.8 Å². The molecule has 0 spiro atoms. The Labute approximate surface area is 163 Å². The Morgan fingerprint density at radius 2 is 1.89 bits per heavy atom. The highest BCUT2D eigenvalue weighted by atomic mass is 32.2. The van der Waals surface area contributed by atoms with Crippen molar-refractivity contribution < 1.29 is 17.9 Å². The first kappa shape index (κ1) is 22.9. The summed E-state index contributed by atoms with van der Waals surface area (Å²) < 4.78 is 28.0. The molecule has 0 radical (unpaired) electrons. The standard InChI is InChI=1S/C21H29NO4S/c1-7-9-17-10-12-18(13-11-17)19(22-5)14-16(3)15-21(4,27(6,24)25)20(23)26-8-2/h10-13,16H,8,14-15H2,1-6H3/b22-19+. The third-order valence-corrected chi connectivity index (χ3v) is 6.53. The zero-order chi connectivity index (χ0) is 20.7. The van der Waals surface area contributed by atoms with E-state index in [-0.39, 0.29) is 18.9 Å². The van der Waals surface area contributed by atoms with Gasteiger partial charge in [0.1, 0.15) is 0 Å². The summed E-state index contributed by atoms with van der Waals surface area (Å²) in [6.45, 7) is 6.96. The highest BCUT2D eigenvalue weighted by Crippen LogP contribution is 2.29. The van der Waals surface area contributed by atoms with Gasteiger partial charge in [-0.1, -0.05) is 25.0 Å². The number of ether oxygens (including phenoxy) is 1. The largest absolute Gasteiger partial charge is 0.465 e. The Morgan fingerprint density at radius 3 is 2.33 bits per heavy atom. The summed E-state index contributed by atoms with van der Waals surface area (Å²) in [5.74, 6) is 5.08. The fourth-order valence-corrected chi connectivity index (χ4v) is 3.91. The van der Waals surface area contributed by atoms with Crippen LogP contribution < -0.4 is 0 Å². The zero-order valence-corrected chi connectivity index (χ0v) is 17.8. The Balaban J connectivity index is 3.01. The SMILES string of the molecule is CC#Cc1ccc(/C(CC(C)CC(C)(C(=O)OCC)S(C)(=O)=O)=N/C)cc1. The number of benzene rings is 1. The van der Waals surface area contributed by atoms with Crippen LogP contribution in [0.4, 0.5) is 0 Å². The lowest BCUT2D eigenvalue weighted by molar-refractivity contribution is -0.146. The van der Waals surface area contributed by atoms with Crippen molar-refractivity contribution in [3.63, 3.8) is 0 Å². The van der Waals surface area contributed by atoms with Crippen LogP contribution in [0.1, 0.15) is 51.7 Å². The number of carbonyl (C=O) groups is 1. The molecule has 148 valence electrons. The Kier molecular flexibility index (Phi) is 8.23. The van der Waals surface area contributed by atoms with Crippen LogP contribution in [0, 0.1) is 17.8 Å². The Bertz CT molecular complexity index is 844. The quantitative estimate of drug-likeness (QED) is 0.387. The molecule has 0 amide bonds. The smallest absolute Gasteiger partial charge is 0.327 e. The average molecular weight is 392 g/mol. The maximum absolute atomic E-state index is 12.3. The van der Waals surface area contributed by atoms with E-state index in [1.165, 1.54) is 6.92 Å². The number of nitrogens with zero attached hydrogens (tertiary/aromatic N) is 1.